The van der Waals surface area contributed by atoms with Crippen LogP contribution in [0.25, 0.3) is 0 Å². The first-order chi connectivity index (χ1) is 9.98. The van der Waals surface area contributed by atoms with Gasteiger partial charge in [-0.25, -0.2) is 8.42 Å². The van der Waals surface area contributed by atoms with Crippen LogP contribution in [0.3, 0.4) is 0 Å². The van der Waals surface area contributed by atoms with E-state index >= 15 is 0 Å². The first kappa shape index (κ1) is 14.5. The van der Waals surface area contributed by atoms with E-state index in [0.717, 1.165) is 11.1 Å². The molecule has 1 aromatic carbocycles. The van der Waals surface area contributed by atoms with Crippen LogP contribution in [-0.2, 0) is 27.8 Å². The number of benzene rings is 1. The molecule has 1 aromatic rings. The summed E-state index contributed by atoms with van der Waals surface area (Å²) in [6, 6.07) is 7.70. The van der Waals surface area contributed by atoms with Crippen LogP contribution < -0.4 is 10.6 Å². The maximum atomic E-state index is 12.6. The van der Waals surface area contributed by atoms with Crippen LogP contribution in [0.1, 0.15) is 11.1 Å². The number of hydrogen-bond donors (Lipinski definition) is 3. The molecule has 21 heavy (non-hydrogen) atoms. The molecule has 2 unspecified atom stereocenters. The second-order valence-corrected chi connectivity index (χ2v) is 7.32. The van der Waals surface area contributed by atoms with Crippen molar-refractivity contribution >= 4 is 15.9 Å². The predicted molar refractivity (Wildman–Crippen MR) is 75.4 cm³/mol. The van der Waals surface area contributed by atoms with Crippen LogP contribution in [-0.4, -0.2) is 48.4 Å². The third-order valence-corrected chi connectivity index (χ3v) is 6.01. The van der Waals surface area contributed by atoms with Crippen LogP contribution >= 0.6 is 0 Å². The fraction of sp³-hybridized carbons (Fsp3) is 0.462. The molecular weight excluding hydrogens is 294 g/mol. The van der Waals surface area contributed by atoms with Gasteiger partial charge < -0.3 is 10.4 Å². The number of fused-ring (bicyclic) bond motifs is 1. The average molecular weight is 311 g/mol. The van der Waals surface area contributed by atoms with E-state index in [9.17, 15) is 18.3 Å². The maximum Gasteiger partial charge on any atom is 0.244 e. The Bertz CT molecular complexity index is 661. The molecule has 0 saturated carbocycles. The van der Waals surface area contributed by atoms with E-state index < -0.39 is 27.5 Å². The van der Waals surface area contributed by atoms with E-state index in [0.29, 0.717) is 13.0 Å². The molecular formula is C13H17N3O4S. The monoisotopic (exact) mass is 311 g/mol. The van der Waals surface area contributed by atoms with Crippen molar-refractivity contribution in [2.75, 3.05) is 13.1 Å². The fourth-order valence-corrected chi connectivity index (χ4v) is 4.37. The number of carbonyl (C=O) groups excluding carboxylic acids is 1. The molecule has 2 aliphatic rings. The highest BCUT2D eigenvalue weighted by atomic mass is 32.2. The number of sulfonamides is 1. The Morgan fingerprint density at radius 2 is 1.95 bits per heavy atom. The number of aliphatic hydroxyl groups excluding tert-OH is 1. The van der Waals surface area contributed by atoms with E-state index in [1.165, 1.54) is 4.31 Å². The lowest BCUT2D eigenvalue weighted by Gasteiger charge is -2.33. The standard InChI is InChI=1S/C13H17N3O4S/c17-12-11(7-14-13(18)15-12)21(19,20)16-6-5-9-3-1-2-4-10(9)8-16/h1-4,11,13-14,18H,5-8H2,(H,15,17). The Labute approximate surface area is 123 Å². The Kier molecular flexibility index (Phi) is 3.70. The summed E-state index contributed by atoms with van der Waals surface area (Å²) in [6.07, 6.45) is -0.550. The van der Waals surface area contributed by atoms with Gasteiger partial charge in [0.1, 0.15) is 0 Å². The van der Waals surface area contributed by atoms with Gasteiger partial charge in [0.2, 0.25) is 15.9 Å². The molecule has 0 spiro atoms. The van der Waals surface area contributed by atoms with Crippen molar-refractivity contribution in [1.82, 2.24) is 14.9 Å². The van der Waals surface area contributed by atoms with Gasteiger partial charge in [0, 0.05) is 19.6 Å². The first-order valence-electron chi connectivity index (χ1n) is 6.76. The average Bonchev–Trinajstić information content (AvgIpc) is 2.46. The summed E-state index contributed by atoms with van der Waals surface area (Å²) in [7, 11) is -3.75. The van der Waals surface area contributed by atoms with Gasteiger partial charge in [-0.3, -0.25) is 10.1 Å². The second kappa shape index (κ2) is 5.38. The summed E-state index contributed by atoms with van der Waals surface area (Å²) < 4.78 is 26.6. The summed E-state index contributed by atoms with van der Waals surface area (Å²) in [5.41, 5.74) is 2.11. The minimum atomic E-state index is -3.75. The van der Waals surface area contributed by atoms with Crippen LogP contribution in [0.4, 0.5) is 0 Å². The lowest BCUT2D eigenvalue weighted by atomic mass is 10.0. The molecule has 1 fully saturated rings. The van der Waals surface area contributed by atoms with Crippen LogP contribution in [0.5, 0.6) is 0 Å². The number of aliphatic hydroxyl groups is 1. The number of nitrogens with zero attached hydrogens (tertiary/aromatic N) is 1. The van der Waals surface area contributed by atoms with Crippen molar-refractivity contribution in [3.8, 4) is 0 Å². The summed E-state index contributed by atoms with van der Waals surface area (Å²) in [4.78, 5) is 11.8. The third kappa shape index (κ3) is 2.67. The third-order valence-electron chi connectivity index (χ3n) is 3.88. The van der Waals surface area contributed by atoms with E-state index in [2.05, 4.69) is 10.6 Å². The zero-order chi connectivity index (χ0) is 15.0. The number of amides is 1. The van der Waals surface area contributed by atoms with E-state index in [4.69, 9.17) is 0 Å². The largest absolute Gasteiger partial charge is 0.361 e. The van der Waals surface area contributed by atoms with Crippen molar-refractivity contribution in [3.63, 3.8) is 0 Å². The highest BCUT2D eigenvalue weighted by Crippen LogP contribution is 2.23. The van der Waals surface area contributed by atoms with Gasteiger partial charge in [0.15, 0.2) is 11.6 Å². The molecule has 0 aliphatic carbocycles. The summed E-state index contributed by atoms with van der Waals surface area (Å²) in [6.45, 7) is 0.560. The van der Waals surface area contributed by atoms with Crippen LogP contribution in [0.2, 0.25) is 0 Å². The van der Waals surface area contributed by atoms with E-state index in [-0.39, 0.29) is 13.1 Å². The molecule has 2 heterocycles. The lowest BCUT2D eigenvalue weighted by Crippen LogP contribution is -2.62. The molecule has 3 rings (SSSR count). The highest BCUT2D eigenvalue weighted by Gasteiger charge is 2.41. The molecule has 8 heteroatoms. The summed E-state index contributed by atoms with van der Waals surface area (Å²) >= 11 is 0. The van der Waals surface area contributed by atoms with Gasteiger partial charge in [0.05, 0.1) is 0 Å². The number of carbonyl (C=O) groups is 1. The number of hydrogen-bond acceptors (Lipinski definition) is 5. The molecule has 1 saturated heterocycles. The topological polar surface area (TPSA) is 98.7 Å². The van der Waals surface area contributed by atoms with E-state index in [1.807, 2.05) is 24.3 Å². The second-order valence-electron chi connectivity index (χ2n) is 5.21. The molecule has 114 valence electrons. The van der Waals surface area contributed by atoms with Crippen LogP contribution in [0, 0.1) is 0 Å². The number of rotatable bonds is 2. The van der Waals surface area contributed by atoms with Gasteiger partial charge in [-0.2, -0.15) is 4.31 Å². The zero-order valence-corrected chi connectivity index (χ0v) is 12.1. The Morgan fingerprint density at radius 1 is 1.24 bits per heavy atom. The number of nitrogens with one attached hydrogen (secondary N) is 2. The molecule has 7 nitrogen and oxygen atoms in total. The molecule has 1 amide bonds. The lowest BCUT2D eigenvalue weighted by molar-refractivity contribution is -0.126. The summed E-state index contributed by atoms with van der Waals surface area (Å²) in [5, 5.41) is 12.8. The van der Waals surface area contributed by atoms with Crippen molar-refractivity contribution in [2.45, 2.75) is 24.6 Å². The quantitative estimate of drug-likeness (QED) is 0.633. The van der Waals surface area contributed by atoms with Crippen molar-refractivity contribution in [2.24, 2.45) is 0 Å². The van der Waals surface area contributed by atoms with Gasteiger partial charge in [0.25, 0.3) is 0 Å². The minimum absolute atomic E-state index is 0.0898. The van der Waals surface area contributed by atoms with Crippen molar-refractivity contribution in [1.29, 1.82) is 0 Å². The highest BCUT2D eigenvalue weighted by molar-refractivity contribution is 7.90. The smallest absolute Gasteiger partial charge is 0.244 e. The summed E-state index contributed by atoms with van der Waals surface area (Å²) in [5.74, 6) is -0.667. The maximum absolute atomic E-state index is 12.6. The Morgan fingerprint density at radius 3 is 2.67 bits per heavy atom. The predicted octanol–water partition coefficient (Wildman–Crippen LogP) is -1.26. The Balaban J connectivity index is 1.82. The molecule has 0 aromatic heterocycles. The van der Waals surface area contributed by atoms with Gasteiger partial charge in [-0.1, -0.05) is 24.3 Å². The molecule has 0 radical (unpaired) electrons. The molecule has 2 aliphatic heterocycles. The first-order valence-corrected chi connectivity index (χ1v) is 8.26. The van der Waals surface area contributed by atoms with Gasteiger partial charge in [-0.05, 0) is 17.5 Å². The SMILES string of the molecule is O=C1NC(O)NCC1S(=O)(=O)N1CCc2ccccc2C1. The van der Waals surface area contributed by atoms with Gasteiger partial charge >= 0.3 is 0 Å². The minimum Gasteiger partial charge on any atom is -0.361 e. The fourth-order valence-electron chi connectivity index (χ4n) is 2.70. The molecule has 0 bridgehead atoms. The zero-order valence-electron chi connectivity index (χ0n) is 11.3. The normalized spacial score (nSPS) is 27.0. The molecule has 2 atom stereocenters. The van der Waals surface area contributed by atoms with E-state index in [1.54, 1.807) is 0 Å². The van der Waals surface area contributed by atoms with Gasteiger partial charge in [-0.15, -0.1) is 0 Å². The van der Waals surface area contributed by atoms with Crippen LogP contribution in [0.15, 0.2) is 24.3 Å². The molecule has 3 N–H and O–H groups in total. The Hall–Kier alpha value is -1.48. The van der Waals surface area contributed by atoms with Crippen molar-refractivity contribution < 1.29 is 18.3 Å². The van der Waals surface area contributed by atoms with Crippen molar-refractivity contribution in [3.05, 3.63) is 35.4 Å².